The Labute approximate surface area is 140 Å². The molecule has 2 aromatic heterocycles. The standard InChI is InChI=1S/C17H18N4O.ClH/c1-11(2)19-17(18)12-5-7-14-15(10-12)21-16(20-14)8-6-13-4-3-9-22-13;/h3-11H,1-2H3,(H2,18,19)(H,20,21);1H/b8-6+;. The van der Waals surface area contributed by atoms with E-state index in [1.54, 1.807) is 6.26 Å². The molecule has 3 aromatic rings. The van der Waals surface area contributed by atoms with Crippen molar-refractivity contribution in [1.82, 2.24) is 9.97 Å². The number of imidazole rings is 1. The number of nitrogens with two attached hydrogens (primary N) is 1. The van der Waals surface area contributed by atoms with Gasteiger partial charge in [-0.15, -0.1) is 12.4 Å². The minimum atomic E-state index is 0. The zero-order chi connectivity index (χ0) is 15.5. The summed E-state index contributed by atoms with van der Waals surface area (Å²) in [6, 6.07) is 9.75. The molecule has 0 aliphatic carbocycles. The lowest BCUT2D eigenvalue weighted by atomic mass is 10.2. The van der Waals surface area contributed by atoms with Crippen LogP contribution in [0.15, 0.2) is 46.0 Å². The molecule has 0 aliphatic rings. The molecule has 1 aromatic carbocycles. The summed E-state index contributed by atoms with van der Waals surface area (Å²) in [4.78, 5) is 12.1. The average Bonchev–Trinajstić information content (AvgIpc) is 3.12. The minimum Gasteiger partial charge on any atom is -0.465 e. The molecule has 0 amide bonds. The van der Waals surface area contributed by atoms with E-state index < -0.39 is 0 Å². The molecule has 6 heteroatoms. The van der Waals surface area contributed by atoms with Gasteiger partial charge in [-0.2, -0.15) is 0 Å². The second kappa shape index (κ2) is 7.15. The van der Waals surface area contributed by atoms with Crippen molar-refractivity contribution in [3.63, 3.8) is 0 Å². The van der Waals surface area contributed by atoms with Gasteiger partial charge >= 0.3 is 0 Å². The summed E-state index contributed by atoms with van der Waals surface area (Å²) in [6.07, 6.45) is 5.39. The van der Waals surface area contributed by atoms with Crippen LogP contribution >= 0.6 is 12.4 Å². The molecule has 3 rings (SSSR count). The molecule has 120 valence electrons. The van der Waals surface area contributed by atoms with E-state index in [1.165, 1.54) is 0 Å². The van der Waals surface area contributed by atoms with Gasteiger partial charge in [-0.05, 0) is 56.3 Å². The van der Waals surface area contributed by atoms with Gasteiger partial charge in [0.25, 0.3) is 0 Å². The number of nitrogens with one attached hydrogen (secondary N) is 1. The molecule has 5 nitrogen and oxygen atoms in total. The third-order valence-electron chi connectivity index (χ3n) is 3.14. The van der Waals surface area contributed by atoms with Gasteiger partial charge in [-0.25, -0.2) is 4.98 Å². The van der Waals surface area contributed by atoms with E-state index in [0.717, 1.165) is 28.2 Å². The van der Waals surface area contributed by atoms with Gasteiger partial charge in [0.1, 0.15) is 17.4 Å². The molecular weight excluding hydrogens is 312 g/mol. The van der Waals surface area contributed by atoms with Crippen LogP contribution in [-0.4, -0.2) is 21.8 Å². The van der Waals surface area contributed by atoms with Crippen LogP contribution < -0.4 is 5.73 Å². The summed E-state index contributed by atoms with van der Waals surface area (Å²) < 4.78 is 5.26. The first kappa shape index (κ1) is 16.8. The van der Waals surface area contributed by atoms with Crippen LogP contribution in [0, 0.1) is 0 Å². The molecular formula is C17H19ClN4O. The van der Waals surface area contributed by atoms with Gasteiger partial charge in [0.2, 0.25) is 0 Å². The first-order valence-corrected chi connectivity index (χ1v) is 7.17. The fourth-order valence-electron chi connectivity index (χ4n) is 2.17. The highest BCUT2D eigenvalue weighted by atomic mass is 35.5. The summed E-state index contributed by atoms with van der Waals surface area (Å²) in [5.74, 6) is 2.09. The average molecular weight is 331 g/mol. The van der Waals surface area contributed by atoms with Crippen molar-refractivity contribution in [3.05, 3.63) is 53.7 Å². The molecule has 0 bridgehead atoms. The highest BCUT2D eigenvalue weighted by Crippen LogP contribution is 2.16. The van der Waals surface area contributed by atoms with Gasteiger partial charge < -0.3 is 15.1 Å². The fraction of sp³-hybridized carbons (Fsp3) is 0.176. The van der Waals surface area contributed by atoms with Crippen molar-refractivity contribution in [2.45, 2.75) is 19.9 Å². The van der Waals surface area contributed by atoms with Gasteiger partial charge in [0.15, 0.2) is 0 Å². The summed E-state index contributed by atoms with van der Waals surface area (Å²) in [5.41, 5.74) is 8.72. The Morgan fingerprint density at radius 2 is 2.13 bits per heavy atom. The number of rotatable bonds is 4. The molecule has 0 saturated heterocycles. The van der Waals surface area contributed by atoms with Crippen LogP contribution in [0.2, 0.25) is 0 Å². The molecule has 23 heavy (non-hydrogen) atoms. The minimum absolute atomic E-state index is 0. The number of aromatic nitrogens is 2. The predicted molar refractivity (Wildman–Crippen MR) is 96.8 cm³/mol. The van der Waals surface area contributed by atoms with E-state index in [1.807, 2.05) is 56.3 Å². The predicted octanol–water partition coefficient (Wildman–Crippen LogP) is 3.86. The normalized spacial score (nSPS) is 12.2. The van der Waals surface area contributed by atoms with E-state index in [4.69, 9.17) is 10.2 Å². The maximum absolute atomic E-state index is 6.01. The van der Waals surface area contributed by atoms with Crippen molar-refractivity contribution in [2.24, 2.45) is 10.7 Å². The Morgan fingerprint density at radius 1 is 1.30 bits per heavy atom. The van der Waals surface area contributed by atoms with Crippen LogP contribution in [0.1, 0.15) is 31.0 Å². The number of benzene rings is 1. The molecule has 0 spiro atoms. The number of aromatic amines is 1. The Kier molecular flexibility index (Phi) is 5.24. The molecule has 0 radical (unpaired) electrons. The summed E-state index contributed by atoms with van der Waals surface area (Å²) in [5, 5.41) is 0. The molecule has 0 aliphatic heterocycles. The van der Waals surface area contributed by atoms with Gasteiger partial charge in [-0.3, -0.25) is 4.99 Å². The molecule has 0 atom stereocenters. The number of H-pyrrole nitrogens is 1. The monoisotopic (exact) mass is 330 g/mol. The van der Waals surface area contributed by atoms with Crippen LogP contribution in [-0.2, 0) is 0 Å². The summed E-state index contributed by atoms with van der Waals surface area (Å²) in [7, 11) is 0. The summed E-state index contributed by atoms with van der Waals surface area (Å²) >= 11 is 0. The molecule has 3 N–H and O–H groups in total. The Morgan fingerprint density at radius 3 is 2.83 bits per heavy atom. The number of fused-ring (bicyclic) bond motifs is 1. The van der Waals surface area contributed by atoms with Crippen LogP contribution in [0.5, 0.6) is 0 Å². The highest BCUT2D eigenvalue weighted by Gasteiger charge is 2.05. The molecule has 2 heterocycles. The Balaban J connectivity index is 0.00000192. The highest BCUT2D eigenvalue weighted by molar-refractivity contribution is 6.00. The first-order chi connectivity index (χ1) is 10.6. The van der Waals surface area contributed by atoms with Crippen LogP contribution in [0.4, 0.5) is 0 Å². The van der Waals surface area contributed by atoms with Crippen molar-refractivity contribution in [1.29, 1.82) is 0 Å². The number of amidine groups is 1. The number of hydrogen-bond acceptors (Lipinski definition) is 3. The van der Waals surface area contributed by atoms with E-state index in [2.05, 4.69) is 15.0 Å². The van der Waals surface area contributed by atoms with E-state index in [9.17, 15) is 0 Å². The zero-order valence-corrected chi connectivity index (χ0v) is 13.8. The lowest BCUT2D eigenvalue weighted by Gasteiger charge is -2.03. The van der Waals surface area contributed by atoms with E-state index in [0.29, 0.717) is 5.84 Å². The lowest BCUT2D eigenvalue weighted by Crippen LogP contribution is -2.15. The number of halogens is 1. The van der Waals surface area contributed by atoms with E-state index in [-0.39, 0.29) is 18.4 Å². The van der Waals surface area contributed by atoms with Gasteiger partial charge in [0.05, 0.1) is 17.3 Å². The van der Waals surface area contributed by atoms with Gasteiger partial charge in [0, 0.05) is 11.6 Å². The Hall–Kier alpha value is -2.53. The third-order valence-corrected chi connectivity index (χ3v) is 3.14. The maximum atomic E-state index is 6.01. The Bertz CT molecular complexity index is 832. The van der Waals surface area contributed by atoms with Gasteiger partial charge in [-0.1, -0.05) is 0 Å². The zero-order valence-electron chi connectivity index (χ0n) is 13.0. The number of aliphatic imine (C=N–C) groups is 1. The second-order valence-electron chi connectivity index (χ2n) is 5.31. The number of nitrogens with zero attached hydrogens (tertiary/aromatic N) is 2. The first-order valence-electron chi connectivity index (χ1n) is 7.17. The molecule has 0 unspecified atom stereocenters. The van der Waals surface area contributed by atoms with Crippen molar-refractivity contribution < 1.29 is 4.42 Å². The quantitative estimate of drug-likeness (QED) is 0.563. The topological polar surface area (TPSA) is 80.2 Å². The molecule has 0 saturated carbocycles. The number of hydrogen-bond donors (Lipinski definition) is 2. The van der Waals surface area contributed by atoms with Crippen molar-refractivity contribution >= 4 is 41.4 Å². The smallest absolute Gasteiger partial charge is 0.131 e. The largest absolute Gasteiger partial charge is 0.465 e. The lowest BCUT2D eigenvalue weighted by molar-refractivity contribution is 0.557. The summed E-state index contributed by atoms with van der Waals surface area (Å²) in [6.45, 7) is 4.00. The van der Waals surface area contributed by atoms with Crippen molar-refractivity contribution in [2.75, 3.05) is 0 Å². The van der Waals surface area contributed by atoms with Crippen LogP contribution in [0.25, 0.3) is 23.2 Å². The number of furan rings is 1. The van der Waals surface area contributed by atoms with Crippen LogP contribution in [0.3, 0.4) is 0 Å². The third kappa shape index (κ3) is 4.02. The molecule has 0 fully saturated rings. The maximum Gasteiger partial charge on any atom is 0.131 e. The SMILES string of the molecule is CC(C)N=C(N)c1ccc2nc(/C=C/c3ccco3)[nH]c2c1.Cl. The van der Waals surface area contributed by atoms with Crippen molar-refractivity contribution in [3.8, 4) is 0 Å². The van der Waals surface area contributed by atoms with E-state index >= 15 is 0 Å². The second-order valence-corrected chi connectivity index (χ2v) is 5.31. The fourth-order valence-corrected chi connectivity index (χ4v) is 2.17.